The molecule has 0 unspecified atom stereocenters. The van der Waals surface area contributed by atoms with Gasteiger partial charge >= 0.3 is 6.03 Å². The first kappa shape index (κ1) is 23.7. The summed E-state index contributed by atoms with van der Waals surface area (Å²) in [5.74, 6) is -2.23. The van der Waals surface area contributed by atoms with Gasteiger partial charge in [0.25, 0.3) is 5.91 Å². The monoisotopic (exact) mass is 481 g/mol. The molecule has 35 heavy (non-hydrogen) atoms. The third-order valence-corrected chi connectivity index (χ3v) is 5.66. The number of rotatable bonds is 7. The van der Waals surface area contributed by atoms with Gasteiger partial charge in [-0.15, -0.1) is 0 Å². The van der Waals surface area contributed by atoms with E-state index in [1.807, 2.05) is 0 Å². The molecule has 3 aromatic carbocycles. The Morgan fingerprint density at radius 2 is 1.46 bits per heavy atom. The van der Waals surface area contributed by atoms with E-state index in [0.29, 0.717) is 28.7 Å². The highest BCUT2D eigenvalue weighted by Gasteiger charge is 2.54. The molecular formula is C25H21F2N3O5. The van der Waals surface area contributed by atoms with Crippen molar-refractivity contribution >= 4 is 23.5 Å². The molecule has 3 aromatic rings. The number of carbonyl (C=O) groups is 3. The van der Waals surface area contributed by atoms with E-state index in [-0.39, 0.29) is 5.69 Å². The highest BCUT2D eigenvalue weighted by Crippen LogP contribution is 2.37. The Bertz CT molecular complexity index is 1230. The number of hydrogen-bond acceptors (Lipinski definition) is 5. The van der Waals surface area contributed by atoms with E-state index >= 15 is 0 Å². The fraction of sp³-hybridized carbons (Fsp3) is 0.160. The number of carbonyl (C=O) groups excluding carboxylic acids is 3. The number of nitrogens with zero attached hydrogens (tertiary/aromatic N) is 1. The van der Waals surface area contributed by atoms with Gasteiger partial charge in [0.1, 0.15) is 29.7 Å². The number of anilines is 1. The van der Waals surface area contributed by atoms with Crippen molar-refractivity contribution in [3.63, 3.8) is 0 Å². The summed E-state index contributed by atoms with van der Waals surface area (Å²) < 4.78 is 37.5. The Kier molecular flexibility index (Phi) is 6.37. The van der Waals surface area contributed by atoms with E-state index in [1.54, 1.807) is 48.5 Å². The minimum Gasteiger partial charge on any atom is -0.497 e. The van der Waals surface area contributed by atoms with Gasteiger partial charge in [0.05, 0.1) is 19.9 Å². The molecule has 10 heteroatoms. The maximum Gasteiger partial charge on any atom is 0.326 e. The van der Waals surface area contributed by atoms with Gasteiger partial charge in [-0.1, -0.05) is 24.3 Å². The quantitative estimate of drug-likeness (QED) is 0.504. The molecule has 1 aliphatic heterocycles. The molecule has 1 saturated heterocycles. The van der Waals surface area contributed by atoms with Crippen molar-refractivity contribution < 1.29 is 32.6 Å². The summed E-state index contributed by atoms with van der Waals surface area (Å²) >= 11 is 0. The molecule has 1 aliphatic rings. The molecule has 1 fully saturated rings. The van der Waals surface area contributed by atoms with Crippen LogP contribution in [0, 0.1) is 11.6 Å². The van der Waals surface area contributed by atoms with Crippen molar-refractivity contribution in [1.29, 1.82) is 0 Å². The number of urea groups is 1. The Morgan fingerprint density at radius 3 is 1.94 bits per heavy atom. The van der Waals surface area contributed by atoms with Crippen molar-refractivity contribution in [2.45, 2.75) is 5.54 Å². The van der Waals surface area contributed by atoms with Crippen molar-refractivity contribution in [3.05, 3.63) is 89.5 Å². The van der Waals surface area contributed by atoms with Gasteiger partial charge in [0.2, 0.25) is 5.91 Å². The number of imide groups is 1. The molecule has 4 rings (SSSR count). The lowest BCUT2D eigenvalue weighted by Gasteiger charge is -2.28. The van der Waals surface area contributed by atoms with Crippen LogP contribution in [0.1, 0.15) is 11.1 Å². The van der Waals surface area contributed by atoms with Crippen LogP contribution in [0.4, 0.5) is 19.3 Å². The molecule has 0 bridgehead atoms. The standard InChI is InChI=1S/C25H21F2N3O5/c1-34-18-8-3-15(4-9-18)25(16-5-10-19(35-2)11-6-16)23(32)30(24(33)29-25)14-22(31)28-21-12-7-17(26)13-20(21)27/h3-13H,14H2,1-2H3,(H,28,31)(H,29,33). The Labute approximate surface area is 199 Å². The van der Waals surface area contributed by atoms with E-state index in [0.717, 1.165) is 17.0 Å². The van der Waals surface area contributed by atoms with E-state index in [9.17, 15) is 23.2 Å². The zero-order valence-electron chi connectivity index (χ0n) is 18.8. The molecule has 2 N–H and O–H groups in total. The van der Waals surface area contributed by atoms with Gasteiger partial charge in [-0.3, -0.25) is 14.5 Å². The summed E-state index contributed by atoms with van der Waals surface area (Å²) in [6.07, 6.45) is 0. The van der Waals surface area contributed by atoms with Crippen LogP contribution in [-0.4, -0.2) is 43.5 Å². The average molecular weight is 481 g/mol. The van der Waals surface area contributed by atoms with Crippen molar-refractivity contribution in [3.8, 4) is 11.5 Å². The summed E-state index contributed by atoms with van der Waals surface area (Å²) in [5, 5.41) is 4.97. The molecule has 1 heterocycles. The second kappa shape index (κ2) is 9.41. The molecule has 0 spiro atoms. The predicted molar refractivity (Wildman–Crippen MR) is 122 cm³/mol. The van der Waals surface area contributed by atoms with E-state index < -0.39 is 41.6 Å². The lowest BCUT2D eigenvalue weighted by Crippen LogP contribution is -2.45. The smallest absolute Gasteiger partial charge is 0.326 e. The number of hydrogen-bond donors (Lipinski definition) is 2. The third kappa shape index (κ3) is 4.37. The first-order chi connectivity index (χ1) is 16.8. The second-order valence-corrected chi connectivity index (χ2v) is 7.70. The minimum atomic E-state index is -1.63. The molecule has 180 valence electrons. The summed E-state index contributed by atoms with van der Waals surface area (Å²) in [6.45, 7) is -0.685. The van der Waals surface area contributed by atoms with Crippen molar-refractivity contribution in [2.75, 3.05) is 26.1 Å². The molecule has 0 aromatic heterocycles. The van der Waals surface area contributed by atoms with Crippen LogP contribution in [0.3, 0.4) is 0 Å². The van der Waals surface area contributed by atoms with Crippen LogP contribution in [0.25, 0.3) is 0 Å². The second-order valence-electron chi connectivity index (χ2n) is 7.70. The van der Waals surface area contributed by atoms with Crippen LogP contribution in [-0.2, 0) is 15.1 Å². The van der Waals surface area contributed by atoms with Crippen LogP contribution in [0.2, 0.25) is 0 Å². The largest absolute Gasteiger partial charge is 0.497 e. The van der Waals surface area contributed by atoms with E-state index in [4.69, 9.17) is 9.47 Å². The third-order valence-electron chi connectivity index (χ3n) is 5.66. The molecule has 4 amide bonds. The molecule has 0 aliphatic carbocycles. The van der Waals surface area contributed by atoms with Gasteiger partial charge < -0.3 is 20.1 Å². The van der Waals surface area contributed by atoms with Crippen molar-refractivity contribution in [1.82, 2.24) is 10.2 Å². The number of ether oxygens (including phenoxy) is 2. The highest BCUT2D eigenvalue weighted by atomic mass is 19.1. The number of amides is 4. The summed E-state index contributed by atoms with van der Waals surface area (Å²) in [7, 11) is 3.00. The number of methoxy groups -OCH3 is 2. The normalized spacial score (nSPS) is 14.5. The van der Waals surface area contributed by atoms with Crippen molar-refractivity contribution in [2.24, 2.45) is 0 Å². The first-order valence-corrected chi connectivity index (χ1v) is 10.5. The molecule has 0 radical (unpaired) electrons. The lowest BCUT2D eigenvalue weighted by molar-refractivity contribution is -0.133. The van der Waals surface area contributed by atoms with Gasteiger partial charge in [-0.05, 0) is 47.5 Å². The fourth-order valence-electron chi connectivity index (χ4n) is 3.88. The van der Waals surface area contributed by atoms with E-state index in [1.165, 1.54) is 14.2 Å². The minimum absolute atomic E-state index is 0.278. The SMILES string of the molecule is COc1ccc(C2(c3ccc(OC)cc3)NC(=O)N(CC(=O)Nc3ccc(F)cc3F)C2=O)cc1. The summed E-state index contributed by atoms with van der Waals surface area (Å²) in [5.41, 5.74) is -1.03. The fourth-order valence-corrected chi connectivity index (χ4v) is 3.88. The van der Waals surface area contributed by atoms with Crippen LogP contribution >= 0.6 is 0 Å². The zero-order valence-corrected chi connectivity index (χ0v) is 18.8. The van der Waals surface area contributed by atoms with Crippen LogP contribution < -0.4 is 20.1 Å². The molecule has 0 saturated carbocycles. The maximum atomic E-state index is 13.9. The number of benzene rings is 3. The van der Waals surface area contributed by atoms with Gasteiger partial charge in [0, 0.05) is 6.07 Å². The number of nitrogens with one attached hydrogen (secondary N) is 2. The Hall–Kier alpha value is -4.47. The van der Waals surface area contributed by atoms with Gasteiger partial charge in [0.15, 0.2) is 5.54 Å². The number of halogens is 2. The lowest BCUT2D eigenvalue weighted by atomic mass is 9.82. The van der Waals surface area contributed by atoms with Crippen LogP contribution in [0.5, 0.6) is 11.5 Å². The summed E-state index contributed by atoms with van der Waals surface area (Å²) in [6, 6.07) is 15.0. The average Bonchev–Trinajstić information content (AvgIpc) is 3.11. The van der Waals surface area contributed by atoms with E-state index in [2.05, 4.69) is 10.6 Å². The molecule has 8 nitrogen and oxygen atoms in total. The van der Waals surface area contributed by atoms with Gasteiger partial charge in [-0.2, -0.15) is 0 Å². The topological polar surface area (TPSA) is 97.0 Å². The molecular weight excluding hydrogens is 460 g/mol. The van der Waals surface area contributed by atoms with Crippen LogP contribution in [0.15, 0.2) is 66.7 Å². The zero-order chi connectivity index (χ0) is 25.2. The Balaban J connectivity index is 1.67. The Morgan fingerprint density at radius 1 is 0.914 bits per heavy atom. The maximum absolute atomic E-state index is 13.9. The first-order valence-electron chi connectivity index (χ1n) is 10.5. The highest BCUT2D eigenvalue weighted by molar-refractivity contribution is 6.12. The van der Waals surface area contributed by atoms with Gasteiger partial charge in [-0.25, -0.2) is 13.6 Å². The summed E-state index contributed by atoms with van der Waals surface area (Å²) in [4.78, 5) is 40.0. The predicted octanol–water partition coefficient (Wildman–Crippen LogP) is 3.42. The molecule has 0 atom stereocenters.